The molecule has 1 aliphatic heterocycles. The van der Waals surface area contributed by atoms with E-state index in [1.165, 1.54) is 6.07 Å². The topological polar surface area (TPSA) is 45.7 Å². The molecule has 6 heteroatoms. The standard InChI is InChI=1S/C15H22FN3O2/c1-11-12(16)5-6-13(17-11)18-7-9-19(10-8-18)14(20)21-15(2,3)4/h5-6H,7-10H2,1-4H3. The number of halogens is 1. The zero-order valence-electron chi connectivity index (χ0n) is 13.0. The van der Waals surface area contributed by atoms with Crippen molar-refractivity contribution < 1.29 is 13.9 Å². The Morgan fingerprint density at radius 3 is 2.38 bits per heavy atom. The molecule has 1 aliphatic rings. The Morgan fingerprint density at radius 2 is 1.86 bits per heavy atom. The summed E-state index contributed by atoms with van der Waals surface area (Å²) in [6, 6.07) is 3.10. The van der Waals surface area contributed by atoms with E-state index in [2.05, 4.69) is 4.98 Å². The number of anilines is 1. The van der Waals surface area contributed by atoms with Gasteiger partial charge in [0, 0.05) is 26.2 Å². The number of amides is 1. The van der Waals surface area contributed by atoms with E-state index >= 15 is 0 Å². The molecular weight excluding hydrogens is 273 g/mol. The van der Waals surface area contributed by atoms with Crippen molar-refractivity contribution in [2.75, 3.05) is 31.1 Å². The van der Waals surface area contributed by atoms with Crippen LogP contribution in [0.15, 0.2) is 12.1 Å². The molecular formula is C15H22FN3O2. The van der Waals surface area contributed by atoms with Gasteiger partial charge in [0.15, 0.2) is 0 Å². The summed E-state index contributed by atoms with van der Waals surface area (Å²) in [5.74, 6) is 0.448. The molecule has 0 N–H and O–H groups in total. The third-order valence-corrected chi connectivity index (χ3v) is 3.26. The first-order valence-electron chi connectivity index (χ1n) is 7.12. The molecule has 1 saturated heterocycles. The predicted octanol–water partition coefficient (Wildman–Crippen LogP) is 2.59. The van der Waals surface area contributed by atoms with Crippen LogP contribution in [0.5, 0.6) is 0 Å². The largest absolute Gasteiger partial charge is 0.444 e. The lowest BCUT2D eigenvalue weighted by atomic mass is 10.2. The van der Waals surface area contributed by atoms with Gasteiger partial charge < -0.3 is 14.5 Å². The molecule has 1 amide bonds. The maximum absolute atomic E-state index is 13.2. The average Bonchev–Trinajstić information content (AvgIpc) is 2.40. The molecule has 0 aromatic carbocycles. The minimum absolute atomic E-state index is 0.287. The van der Waals surface area contributed by atoms with Gasteiger partial charge in [-0.05, 0) is 39.8 Å². The van der Waals surface area contributed by atoms with Gasteiger partial charge in [0.25, 0.3) is 0 Å². The number of ether oxygens (including phenoxy) is 1. The highest BCUT2D eigenvalue weighted by molar-refractivity contribution is 5.68. The molecule has 0 atom stereocenters. The summed E-state index contributed by atoms with van der Waals surface area (Å²) in [7, 11) is 0. The summed E-state index contributed by atoms with van der Waals surface area (Å²) < 4.78 is 18.6. The zero-order chi connectivity index (χ0) is 15.6. The van der Waals surface area contributed by atoms with Crippen LogP contribution < -0.4 is 4.90 Å². The molecule has 1 aromatic rings. The van der Waals surface area contributed by atoms with Crippen molar-refractivity contribution in [3.05, 3.63) is 23.6 Å². The van der Waals surface area contributed by atoms with Crippen LogP contribution in [-0.2, 0) is 4.74 Å². The Balaban J connectivity index is 1.94. The number of hydrogen-bond donors (Lipinski definition) is 0. The van der Waals surface area contributed by atoms with Crippen molar-refractivity contribution in [1.29, 1.82) is 0 Å². The SMILES string of the molecule is Cc1nc(N2CCN(C(=O)OC(C)(C)C)CC2)ccc1F. The van der Waals surface area contributed by atoms with Crippen molar-refractivity contribution >= 4 is 11.9 Å². The van der Waals surface area contributed by atoms with Crippen molar-refractivity contribution in [3.63, 3.8) is 0 Å². The van der Waals surface area contributed by atoms with E-state index < -0.39 is 5.60 Å². The molecule has 0 saturated carbocycles. The normalized spacial score (nSPS) is 16.0. The van der Waals surface area contributed by atoms with Crippen LogP contribution in [-0.4, -0.2) is 47.8 Å². The second-order valence-corrected chi connectivity index (χ2v) is 6.19. The molecule has 0 bridgehead atoms. The van der Waals surface area contributed by atoms with Crippen molar-refractivity contribution in [2.45, 2.75) is 33.3 Å². The van der Waals surface area contributed by atoms with Crippen LogP contribution in [0, 0.1) is 12.7 Å². The Morgan fingerprint density at radius 1 is 1.24 bits per heavy atom. The molecule has 5 nitrogen and oxygen atoms in total. The van der Waals surface area contributed by atoms with Gasteiger partial charge in [-0.25, -0.2) is 14.2 Å². The molecule has 0 unspecified atom stereocenters. The summed E-state index contributed by atoms with van der Waals surface area (Å²) in [5.41, 5.74) is -0.0915. The average molecular weight is 295 g/mol. The van der Waals surface area contributed by atoms with Crippen molar-refractivity contribution in [2.24, 2.45) is 0 Å². The lowest BCUT2D eigenvalue weighted by Gasteiger charge is -2.36. The fourth-order valence-electron chi connectivity index (χ4n) is 2.15. The molecule has 2 rings (SSSR count). The maximum atomic E-state index is 13.2. The Kier molecular flexibility index (Phi) is 4.34. The molecule has 21 heavy (non-hydrogen) atoms. The first-order chi connectivity index (χ1) is 9.76. The van der Waals surface area contributed by atoms with Crippen LogP contribution in [0.3, 0.4) is 0 Å². The Bertz CT molecular complexity index is 520. The van der Waals surface area contributed by atoms with Gasteiger partial charge in [-0.2, -0.15) is 0 Å². The number of hydrogen-bond acceptors (Lipinski definition) is 4. The van der Waals surface area contributed by atoms with Gasteiger partial charge >= 0.3 is 6.09 Å². The minimum atomic E-state index is -0.482. The van der Waals surface area contributed by atoms with E-state index in [1.807, 2.05) is 25.7 Å². The van der Waals surface area contributed by atoms with Gasteiger partial charge in [0.2, 0.25) is 0 Å². The van der Waals surface area contributed by atoms with E-state index in [-0.39, 0.29) is 11.9 Å². The fourth-order valence-corrected chi connectivity index (χ4v) is 2.15. The number of piperazine rings is 1. The van der Waals surface area contributed by atoms with Crippen LogP contribution in [0.25, 0.3) is 0 Å². The monoisotopic (exact) mass is 295 g/mol. The molecule has 2 heterocycles. The third-order valence-electron chi connectivity index (χ3n) is 3.26. The first-order valence-corrected chi connectivity index (χ1v) is 7.12. The third kappa shape index (κ3) is 4.06. The summed E-state index contributed by atoms with van der Waals surface area (Å²) in [6.07, 6.45) is -0.287. The molecule has 1 fully saturated rings. The highest BCUT2D eigenvalue weighted by atomic mass is 19.1. The van der Waals surface area contributed by atoms with Gasteiger partial charge in [0.1, 0.15) is 17.2 Å². The van der Waals surface area contributed by atoms with Gasteiger partial charge in [-0.3, -0.25) is 0 Å². The quantitative estimate of drug-likeness (QED) is 0.799. The highest BCUT2D eigenvalue weighted by Crippen LogP contribution is 2.17. The fraction of sp³-hybridized carbons (Fsp3) is 0.600. The lowest BCUT2D eigenvalue weighted by molar-refractivity contribution is 0.0240. The van der Waals surface area contributed by atoms with Gasteiger partial charge in [-0.15, -0.1) is 0 Å². The number of nitrogens with zero attached hydrogens (tertiary/aromatic N) is 3. The van der Waals surface area contributed by atoms with Crippen LogP contribution >= 0.6 is 0 Å². The lowest BCUT2D eigenvalue weighted by Crippen LogP contribution is -2.50. The molecule has 1 aromatic heterocycles. The highest BCUT2D eigenvalue weighted by Gasteiger charge is 2.26. The van der Waals surface area contributed by atoms with Crippen molar-refractivity contribution in [3.8, 4) is 0 Å². The Labute approximate surface area is 124 Å². The molecule has 116 valence electrons. The second-order valence-electron chi connectivity index (χ2n) is 6.19. The smallest absolute Gasteiger partial charge is 0.410 e. The number of aryl methyl sites for hydroxylation is 1. The van der Waals surface area contributed by atoms with E-state index in [0.29, 0.717) is 31.9 Å². The van der Waals surface area contributed by atoms with E-state index in [9.17, 15) is 9.18 Å². The summed E-state index contributed by atoms with van der Waals surface area (Å²) in [4.78, 5) is 20.0. The molecule has 0 radical (unpaired) electrons. The number of pyridine rings is 1. The number of rotatable bonds is 1. The molecule has 0 aliphatic carbocycles. The van der Waals surface area contributed by atoms with Crippen LogP contribution in [0.4, 0.5) is 15.0 Å². The predicted molar refractivity (Wildman–Crippen MR) is 79.0 cm³/mol. The van der Waals surface area contributed by atoms with Gasteiger partial charge in [-0.1, -0.05) is 0 Å². The van der Waals surface area contributed by atoms with E-state index in [1.54, 1.807) is 17.9 Å². The minimum Gasteiger partial charge on any atom is -0.444 e. The maximum Gasteiger partial charge on any atom is 0.410 e. The second kappa shape index (κ2) is 5.87. The summed E-state index contributed by atoms with van der Waals surface area (Å²) >= 11 is 0. The van der Waals surface area contributed by atoms with Gasteiger partial charge in [0.05, 0.1) is 5.69 Å². The van der Waals surface area contributed by atoms with E-state index in [0.717, 1.165) is 5.82 Å². The van der Waals surface area contributed by atoms with Crippen LogP contribution in [0.2, 0.25) is 0 Å². The zero-order valence-corrected chi connectivity index (χ0v) is 13.0. The number of carbonyl (C=O) groups excluding carboxylic acids is 1. The van der Waals surface area contributed by atoms with Crippen LogP contribution in [0.1, 0.15) is 26.5 Å². The van der Waals surface area contributed by atoms with E-state index in [4.69, 9.17) is 4.74 Å². The number of carbonyl (C=O) groups is 1. The number of aromatic nitrogens is 1. The van der Waals surface area contributed by atoms with Crippen molar-refractivity contribution in [1.82, 2.24) is 9.88 Å². The summed E-state index contributed by atoms with van der Waals surface area (Å²) in [6.45, 7) is 9.69. The molecule has 0 spiro atoms. The Hall–Kier alpha value is -1.85. The summed E-state index contributed by atoms with van der Waals surface area (Å²) in [5, 5.41) is 0. The first kappa shape index (κ1) is 15.5.